The molecule has 2 heterocycles. The summed E-state index contributed by atoms with van der Waals surface area (Å²) in [5, 5.41) is 19.6. The average molecular weight is 433 g/mol. The van der Waals surface area contributed by atoms with Gasteiger partial charge in [0.25, 0.3) is 0 Å². The van der Waals surface area contributed by atoms with Crippen molar-refractivity contribution in [2.24, 2.45) is 0 Å². The maximum absolute atomic E-state index is 12.4. The van der Waals surface area contributed by atoms with Crippen LogP contribution in [-0.2, 0) is 17.8 Å². The number of nitrogens with one attached hydrogen (secondary N) is 2. The van der Waals surface area contributed by atoms with E-state index in [1.54, 1.807) is 7.11 Å². The summed E-state index contributed by atoms with van der Waals surface area (Å²) in [6.45, 7) is 2.57. The van der Waals surface area contributed by atoms with Crippen molar-refractivity contribution in [2.45, 2.75) is 45.6 Å². The second kappa shape index (κ2) is 10.3. The molecule has 0 saturated heterocycles. The highest BCUT2D eigenvalue weighted by molar-refractivity contribution is 7.71. The predicted molar refractivity (Wildman–Crippen MR) is 116 cm³/mol. The van der Waals surface area contributed by atoms with Crippen molar-refractivity contribution in [3.8, 4) is 17.1 Å². The fourth-order valence-corrected chi connectivity index (χ4v) is 3.83. The van der Waals surface area contributed by atoms with Gasteiger partial charge in [0, 0.05) is 24.9 Å². The normalized spacial score (nSPS) is 10.8. The van der Waals surface area contributed by atoms with Gasteiger partial charge in [-0.2, -0.15) is 5.10 Å². The fourth-order valence-electron chi connectivity index (χ4n) is 2.81. The standard InChI is InChI=1S/C19H24N6O2S2/c1-3-4-5-6-16-21-23-18(29-16)20-15(26)11-12-25-17(22-24-19(25)28)13-7-9-14(27-2)10-8-13/h7-10H,3-6,11-12H2,1-2H3,(H,24,28)(H,20,23,26). The van der Waals surface area contributed by atoms with E-state index in [4.69, 9.17) is 17.0 Å². The number of hydrogen-bond acceptors (Lipinski definition) is 7. The van der Waals surface area contributed by atoms with Crippen molar-refractivity contribution in [2.75, 3.05) is 12.4 Å². The molecule has 10 heteroatoms. The molecule has 0 bridgehead atoms. The number of methoxy groups -OCH3 is 1. The van der Waals surface area contributed by atoms with E-state index < -0.39 is 0 Å². The van der Waals surface area contributed by atoms with Crippen molar-refractivity contribution in [1.29, 1.82) is 0 Å². The van der Waals surface area contributed by atoms with E-state index in [9.17, 15) is 4.79 Å². The first-order valence-corrected chi connectivity index (χ1v) is 10.7. The number of unbranched alkanes of at least 4 members (excludes halogenated alkanes) is 2. The number of carbonyl (C=O) groups excluding carboxylic acids is 1. The number of carbonyl (C=O) groups is 1. The lowest BCUT2D eigenvalue weighted by Gasteiger charge is -2.07. The summed E-state index contributed by atoms with van der Waals surface area (Å²) in [5.74, 6) is 1.31. The Labute approximate surface area is 178 Å². The lowest BCUT2D eigenvalue weighted by atomic mass is 10.2. The molecule has 0 aliphatic heterocycles. The van der Waals surface area contributed by atoms with Gasteiger partial charge in [-0.3, -0.25) is 14.5 Å². The van der Waals surface area contributed by atoms with Crippen LogP contribution in [0.5, 0.6) is 5.75 Å². The molecule has 8 nitrogen and oxygen atoms in total. The minimum absolute atomic E-state index is 0.134. The molecule has 2 aromatic heterocycles. The molecule has 1 aromatic carbocycles. The Hall–Kier alpha value is -2.59. The largest absolute Gasteiger partial charge is 0.497 e. The predicted octanol–water partition coefficient (Wildman–Crippen LogP) is 4.23. The summed E-state index contributed by atoms with van der Waals surface area (Å²) in [6, 6.07) is 7.53. The van der Waals surface area contributed by atoms with Crippen LogP contribution in [-0.4, -0.2) is 38.0 Å². The number of aromatic nitrogens is 5. The number of nitrogens with zero attached hydrogens (tertiary/aromatic N) is 4. The fraction of sp³-hybridized carbons (Fsp3) is 0.421. The second-order valence-electron chi connectivity index (χ2n) is 6.49. The van der Waals surface area contributed by atoms with Crippen molar-refractivity contribution < 1.29 is 9.53 Å². The minimum atomic E-state index is -0.134. The summed E-state index contributed by atoms with van der Waals surface area (Å²) >= 11 is 6.75. The van der Waals surface area contributed by atoms with Gasteiger partial charge in [0.2, 0.25) is 11.0 Å². The number of amides is 1. The molecule has 1 amide bonds. The van der Waals surface area contributed by atoms with Gasteiger partial charge in [-0.25, -0.2) is 0 Å². The maximum Gasteiger partial charge on any atom is 0.227 e. The van der Waals surface area contributed by atoms with Crippen LogP contribution < -0.4 is 10.1 Å². The summed E-state index contributed by atoms with van der Waals surface area (Å²) in [5.41, 5.74) is 0.888. The highest BCUT2D eigenvalue weighted by Crippen LogP contribution is 2.22. The van der Waals surface area contributed by atoms with Crippen LogP contribution >= 0.6 is 23.6 Å². The van der Waals surface area contributed by atoms with Crippen LogP contribution in [0.2, 0.25) is 0 Å². The zero-order valence-corrected chi connectivity index (χ0v) is 18.1. The van der Waals surface area contributed by atoms with E-state index in [0.29, 0.717) is 22.3 Å². The lowest BCUT2D eigenvalue weighted by molar-refractivity contribution is -0.116. The van der Waals surface area contributed by atoms with Crippen molar-refractivity contribution in [1.82, 2.24) is 25.0 Å². The molecular weight excluding hydrogens is 408 g/mol. The molecule has 0 saturated carbocycles. The third-order valence-corrected chi connectivity index (χ3v) is 5.59. The van der Waals surface area contributed by atoms with E-state index in [1.165, 1.54) is 17.8 Å². The van der Waals surface area contributed by atoms with Crippen molar-refractivity contribution in [3.05, 3.63) is 34.0 Å². The van der Waals surface area contributed by atoms with E-state index in [1.807, 2.05) is 28.8 Å². The number of rotatable bonds is 10. The number of hydrogen-bond donors (Lipinski definition) is 2. The Morgan fingerprint density at radius 3 is 2.79 bits per heavy atom. The van der Waals surface area contributed by atoms with Gasteiger partial charge in [0.1, 0.15) is 10.8 Å². The van der Waals surface area contributed by atoms with Crippen LogP contribution in [0.1, 0.15) is 37.6 Å². The van der Waals surface area contributed by atoms with E-state index in [-0.39, 0.29) is 12.3 Å². The summed E-state index contributed by atoms with van der Waals surface area (Å²) in [7, 11) is 1.62. The summed E-state index contributed by atoms with van der Waals surface area (Å²) < 4.78 is 7.47. The van der Waals surface area contributed by atoms with Crippen LogP contribution in [0.25, 0.3) is 11.4 Å². The molecule has 0 aliphatic carbocycles. The first kappa shape index (κ1) is 21.1. The van der Waals surface area contributed by atoms with Crippen LogP contribution in [0, 0.1) is 4.77 Å². The highest BCUT2D eigenvalue weighted by Gasteiger charge is 2.12. The highest BCUT2D eigenvalue weighted by atomic mass is 32.1. The number of aromatic amines is 1. The molecule has 0 fully saturated rings. The Kier molecular flexibility index (Phi) is 7.48. The van der Waals surface area contributed by atoms with Gasteiger partial charge in [-0.05, 0) is 42.9 Å². The molecule has 2 N–H and O–H groups in total. The zero-order chi connectivity index (χ0) is 20.6. The second-order valence-corrected chi connectivity index (χ2v) is 7.94. The first-order valence-electron chi connectivity index (χ1n) is 9.52. The molecular formula is C19H24N6O2S2. The van der Waals surface area contributed by atoms with E-state index in [0.717, 1.165) is 35.6 Å². The summed E-state index contributed by atoms with van der Waals surface area (Å²) in [6.07, 6.45) is 4.57. The SMILES string of the molecule is CCCCCc1nnc(NC(=O)CCn2c(-c3ccc(OC)cc3)n[nH]c2=S)s1. The zero-order valence-electron chi connectivity index (χ0n) is 16.5. The molecule has 3 rings (SSSR count). The Bertz CT molecular complexity index is 993. The van der Waals surface area contributed by atoms with Gasteiger partial charge < -0.3 is 10.1 Å². The molecule has 0 atom stereocenters. The molecule has 0 unspecified atom stereocenters. The van der Waals surface area contributed by atoms with Crippen LogP contribution in [0.15, 0.2) is 24.3 Å². The molecule has 0 spiro atoms. The number of ether oxygens (including phenoxy) is 1. The van der Waals surface area contributed by atoms with Gasteiger partial charge in [-0.1, -0.05) is 31.1 Å². The van der Waals surface area contributed by atoms with Gasteiger partial charge >= 0.3 is 0 Å². The molecule has 3 aromatic rings. The third kappa shape index (κ3) is 5.70. The van der Waals surface area contributed by atoms with E-state index >= 15 is 0 Å². The van der Waals surface area contributed by atoms with Gasteiger partial charge in [-0.15, -0.1) is 10.2 Å². The minimum Gasteiger partial charge on any atom is -0.497 e. The number of H-pyrrole nitrogens is 1. The Balaban J connectivity index is 1.59. The first-order chi connectivity index (χ1) is 14.1. The van der Waals surface area contributed by atoms with Gasteiger partial charge in [0.15, 0.2) is 10.6 Å². The van der Waals surface area contributed by atoms with Crippen molar-refractivity contribution in [3.63, 3.8) is 0 Å². The monoisotopic (exact) mass is 432 g/mol. The molecule has 29 heavy (non-hydrogen) atoms. The lowest BCUT2D eigenvalue weighted by Crippen LogP contribution is -2.15. The number of aryl methyl sites for hydroxylation is 1. The quantitative estimate of drug-likeness (QED) is 0.367. The van der Waals surface area contributed by atoms with Crippen LogP contribution in [0.4, 0.5) is 5.13 Å². The maximum atomic E-state index is 12.4. The Morgan fingerprint density at radius 2 is 2.07 bits per heavy atom. The third-order valence-electron chi connectivity index (χ3n) is 4.38. The van der Waals surface area contributed by atoms with Crippen molar-refractivity contribution >= 4 is 34.6 Å². The molecule has 0 aliphatic rings. The Morgan fingerprint density at radius 1 is 1.28 bits per heavy atom. The molecule has 0 radical (unpaired) electrons. The average Bonchev–Trinajstić information content (AvgIpc) is 3.33. The smallest absolute Gasteiger partial charge is 0.227 e. The molecule has 154 valence electrons. The topological polar surface area (TPSA) is 97.7 Å². The number of anilines is 1. The van der Waals surface area contributed by atoms with Crippen LogP contribution in [0.3, 0.4) is 0 Å². The van der Waals surface area contributed by atoms with Gasteiger partial charge in [0.05, 0.1) is 7.11 Å². The van der Waals surface area contributed by atoms with E-state index in [2.05, 4.69) is 32.6 Å². The summed E-state index contributed by atoms with van der Waals surface area (Å²) in [4.78, 5) is 12.4. The number of benzene rings is 1.